The summed E-state index contributed by atoms with van der Waals surface area (Å²) >= 11 is 4.94. The zero-order chi connectivity index (χ0) is 13.7. The fourth-order valence-electron chi connectivity index (χ4n) is 1.38. The molecule has 6 nitrogen and oxygen atoms in total. The standard InChI is InChI=1S/C11H17N5OS/c1-4-16(7-8(17)15(2)3)11-9(10(12)18)13-5-6-14-11/h5-6H,4,7H2,1-3H3,(H2,12,18). The van der Waals surface area contributed by atoms with Gasteiger partial charge >= 0.3 is 0 Å². The number of aromatic nitrogens is 2. The Labute approximate surface area is 112 Å². The van der Waals surface area contributed by atoms with Gasteiger partial charge in [-0.2, -0.15) is 0 Å². The zero-order valence-electron chi connectivity index (χ0n) is 10.8. The summed E-state index contributed by atoms with van der Waals surface area (Å²) in [5, 5.41) is 0. The molecular weight excluding hydrogens is 250 g/mol. The average Bonchev–Trinajstić information content (AvgIpc) is 2.35. The first kappa shape index (κ1) is 14.3. The van der Waals surface area contributed by atoms with Crippen molar-refractivity contribution in [2.75, 3.05) is 32.1 Å². The van der Waals surface area contributed by atoms with Gasteiger partial charge in [-0.05, 0) is 6.92 Å². The molecule has 98 valence electrons. The maximum atomic E-state index is 11.7. The molecule has 1 rings (SSSR count). The van der Waals surface area contributed by atoms with E-state index >= 15 is 0 Å². The number of anilines is 1. The SMILES string of the molecule is CCN(CC(=O)N(C)C)c1nccnc1C(N)=S. The summed E-state index contributed by atoms with van der Waals surface area (Å²) in [6, 6.07) is 0. The van der Waals surface area contributed by atoms with Gasteiger partial charge in [-0.25, -0.2) is 9.97 Å². The summed E-state index contributed by atoms with van der Waals surface area (Å²) < 4.78 is 0. The van der Waals surface area contributed by atoms with Gasteiger partial charge in [0.15, 0.2) is 5.82 Å². The number of hydrogen-bond acceptors (Lipinski definition) is 5. The molecule has 0 aliphatic heterocycles. The van der Waals surface area contributed by atoms with Gasteiger partial charge in [0.1, 0.15) is 10.7 Å². The van der Waals surface area contributed by atoms with Crippen LogP contribution in [0.1, 0.15) is 12.6 Å². The number of nitrogens with two attached hydrogens (primary N) is 1. The molecule has 18 heavy (non-hydrogen) atoms. The fraction of sp³-hybridized carbons (Fsp3) is 0.455. The Hall–Kier alpha value is -1.76. The van der Waals surface area contributed by atoms with Crippen LogP contribution in [0.3, 0.4) is 0 Å². The van der Waals surface area contributed by atoms with Crippen molar-refractivity contribution < 1.29 is 4.79 Å². The highest BCUT2D eigenvalue weighted by Crippen LogP contribution is 2.14. The van der Waals surface area contributed by atoms with Crippen LogP contribution in [0.25, 0.3) is 0 Å². The van der Waals surface area contributed by atoms with E-state index in [0.29, 0.717) is 18.1 Å². The highest BCUT2D eigenvalue weighted by Gasteiger charge is 2.17. The fourth-order valence-corrected chi connectivity index (χ4v) is 1.52. The van der Waals surface area contributed by atoms with Gasteiger partial charge in [-0.1, -0.05) is 12.2 Å². The molecule has 1 aromatic rings. The Morgan fingerprint density at radius 1 is 1.39 bits per heavy atom. The van der Waals surface area contributed by atoms with Crippen LogP contribution in [0.15, 0.2) is 12.4 Å². The third-order valence-electron chi connectivity index (χ3n) is 2.42. The number of amides is 1. The third kappa shape index (κ3) is 3.36. The first-order chi connectivity index (χ1) is 8.47. The van der Waals surface area contributed by atoms with Crippen LogP contribution in [0.4, 0.5) is 5.82 Å². The van der Waals surface area contributed by atoms with Crippen molar-refractivity contribution in [3.8, 4) is 0 Å². The molecule has 0 aromatic carbocycles. The van der Waals surface area contributed by atoms with Crippen LogP contribution in [0, 0.1) is 0 Å². The number of likely N-dealkylation sites (N-methyl/N-ethyl adjacent to an activating group) is 2. The molecule has 2 N–H and O–H groups in total. The number of carbonyl (C=O) groups excluding carboxylic acids is 1. The van der Waals surface area contributed by atoms with E-state index in [1.807, 2.05) is 6.92 Å². The van der Waals surface area contributed by atoms with Gasteiger partial charge in [-0.15, -0.1) is 0 Å². The van der Waals surface area contributed by atoms with Gasteiger partial charge in [0, 0.05) is 33.0 Å². The number of hydrogen-bond donors (Lipinski definition) is 1. The van der Waals surface area contributed by atoms with E-state index in [9.17, 15) is 4.79 Å². The monoisotopic (exact) mass is 267 g/mol. The van der Waals surface area contributed by atoms with E-state index in [1.54, 1.807) is 25.2 Å². The number of rotatable bonds is 5. The molecule has 0 fully saturated rings. The minimum atomic E-state index is -0.0172. The summed E-state index contributed by atoms with van der Waals surface area (Å²) in [5.74, 6) is 0.527. The molecule has 0 saturated heterocycles. The average molecular weight is 267 g/mol. The Bertz CT molecular complexity index is 449. The normalized spacial score (nSPS) is 9.94. The van der Waals surface area contributed by atoms with Crippen molar-refractivity contribution in [3.63, 3.8) is 0 Å². The molecule has 7 heteroatoms. The number of carbonyl (C=O) groups is 1. The Morgan fingerprint density at radius 2 is 2.00 bits per heavy atom. The molecule has 0 saturated carbocycles. The van der Waals surface area contributed by atoms with Crippen molar-refractivity contribution in [1.82, 2.24) is 14.9 Å². The minimum Gasteiger partial charge on any atom is -0.388 e. The van der Waals surface area contributed by atoms with Crippen LogP contribution in [0.5, 0.6) is 0 Å². The van der Waals surface area contributed by atoms with Gasteiger partial charge in [0.2, 0.25) is 5.91 Å². The summed E-state index contributed by atoms with van der Waals surface area (Å²) in [5.41, 5.74) is 6.05. The maximum absolute atomic E-state index is 11.7. The smallest absolute Gasteiger partial charge is 0.241 e. The van der Waals surface area contributed by atoms with E-state index in [2.05, 4.69) is 9.97 Å². The van der Waals surface area contributed by atoms with Gasteiger partial charge in [-0.3, -0.25) is 4.79 Å². The molecule has 0 unspecified atom stereocenters. The highest BCUT2D eigenvalue weighted by molar-refractivity contribution is 7.80. The Balaban J connectivity index is 3.02. The molecular formula is C11H17N5OS. The summed E-state index contributed by atoms with van der Waals surface area (Å²) in [4.78, 5) is 23.5. The highest BCUT2D eigenvalue weighted by atomic mass is 32.1. The summed E-state index contributed by atoms with van der Waals surface area (Å²) in [7, 11) is 3.42. The largest absolute Gasteiger partial charge is 0.388 e. The van der Waals surface area contributed by atoms with Crippen LogP contribution < -0.4 is 10.6 Å². The van der Waals surface area contributed by atoms with E-state index in [-0.39, 0.29) is 17.4 Å². The molecule has 0 aliphatic carbocycles. The molecule has 1 amide bonds. The van der Waals surface area contributed by atoms with Crippen molar-refractivity contribution in [2.24, 2.45) is 5.73 Å². The quantitative estimate of drug-likeness (QED) is 0.758. The second-order valence-corrected chi connectivity index (χ2v) is 4.33. The van der Waals surface area contributed by atoms with Gasteiger partial charge in [0.25, 0.3) is 0 Å². The molecule has 0 spiro atoms. The van der Waals surface area contributed by atoms with E-state index < -0.39 is 0 Å². The maximum Gasteiger partial charge on any atom is 0.241 e. The molecule has 1 heterocycles. The lowest BCUT2D eigenvalue weighted by Crippen LogP contribution is -2.38. The molecule has 0 radical (unpaired) electrons. The topological polar surface area (TPSA) is 75.4 Å². The van der Waals surface area contributed by atoms with Crippen molar-refractivity contribution in [3.05, 3.63) is 18.1 Å². The lowest BCUT2D eigenvalue weighted by molar-refractivity contribution is -0.127. The minimum absolute atomic E-state index is 0.0172. The molecule has 1 aromatic heterocycles. The Kier molecular flexibility index (Phi) is 4.96. The molecule has 0 aliphatic rings. The van der Waals surface area contributed by atoms with Crippen molar-refractivity contribution >= 4 is 28.9 Å². The predicted molar refractivity (Wildman–Crippen MR) is 74.5 cm³/mol. The first-order valence-corrected chi connectivity index (χ1v) is 5.94. The lowest BCUT2D eigenvalue weighted by atomic mass is 10.3. The first-order valence-electron chi connectivity index (χ1n) is 5.53. The second-order valence-electron chi connectivity index (χ2n) is 3.90. The van der Waals surface area contributed by atoms with E-state index in [0.717, 1.165) is 0 Å². The number of nitrogens with zero attached hydrogens (tertiary/aromatic N) is 4. The predicted octanol–water partition coefficient (Wildman–Crippen LogP) is 0.0253. The van der Waals surface area contributed by atoms with Crippen molar-refractivity contribution in [2.45, 2.75) is 6.92 Å². The van der Waals surface area contributed by atoms with Gasteiger partial charge in [0.05, 0.1) is 6.54 Å². The van der Waals surface area contributed by atoms with E-state index in [4.69, 9.17) is 18.0 Å². The van der Waals surface area contributed by atoms with Crippen LogP contribution in [-0.4, -0.2) is 52.9 Å². The zero-order valence-corrected chi connectivity index (χ0v) is 11.6. The molecule has 0 atom stereocenters. The van der Waals surface area contributed by atoms with E-state index in [1.165, 1.54) is 11.1 Å². The lowest BCUT2D eigenvalue weighted by Gasteiger charge is -2.24. The van der Waals surface area contributed by atoms with Crippen molar-refractivity contribution in [1.29, 1.82) is 0 Å². The van der Waals surface area contributed by atoms with Gasteiger partial charge < -0.3 is 15.5 Å². The van der Waals surface area contributed by atoms with Crippen LogP contribution >= 0.6 is 12.2 Å². The molecule has 0 bridgehead atoms. The third-order valence-corrected chi connectivity index (χ3v) is 2.61. The number of thiocarbonyl (C=S) groups is 1. The summed E-state index contributed by atoms with van der Waals surface area (Å²) in [6.07, 6.45) is 3.08. The Morgan fingerprint density at radius 3 is 2.50 bits per heavy atom. The second kappa shape index (κ2) is 6.25. The van der Waals surface area contributed by atoms with Crippen LogP contribution in [-0.2, 0) is 4.79 Å². The summed E-state index contributed by atoms with van der Waals surface area (Å²) in [6.45, 7) is 2.77. The van der Waals surface area contributed by atoms with Crippen LogP contribution in [0.2, 0.25) is 0 Å².